The van der Waals surface area contributed by atoms with Crippen molar-refractivity contribution in [3.63, 3.8) is 0 Å². The molecule has 2 aromatic rings. The molecule has 0 saturated carbocycles. The number of nitrogens with zero attached hydrogens (tertiary/aromatic N) is 3. The number of piperazine rings is 1. The maximum Gasteiger partial charge on any atom is 0.416 e. The van der Waals surface area contributed by atoms with Crippen LogP contribution in [0.15, 0.2) is 36.4 Å². The third-order valence-corrected chi connectivity index (χ3v) is 6.60. The standard InChI is InChI=1S/C27H34F3N3O2/c1-26(2,3)35-25(34)33-10-9-20-15-22(17-32-13-11-31(4)12-14-32)24(16-21(20)18-33)19-5-7-23(8-6-19)27(28,29)30/h5-8,15-16H,9-14,17-18H2,1-4H3. The lowest BCUT2D eigenvalue weighted by Gasteiger charge is -2.34. The number of benzene rings is 2. The molecule has 1 fully saturated rings. The predicted octanol–water partition coefficient (Wildman–Crippen LogP) is 5.41. The molecule has 4 rings (SSSR count). The monoisotopic (exact) mass is 489 g/mol. The van der Waals surface area contributed by atoms with Gasteiger partial charge in [-0.2, -0.15) is 13.2 Å². The molecule has 0 unspecified atom stereocenters. The lowest BCUT2D eigenvalue weighted by molar-refractivity contribution is -0.137. The van der Waals surface area contributed by atoms with Gasteiger partial charge in [-0.1, -0.05) is 18.2 Å². The van der Waals surface area contributed by atoms with Crippen LogP contribution in [0.3, 0.4) is 0 Å². The number of halogens is 3. The number of hydrogen-bond donors (Lipinski definition) is 0. The lowest BCUT2D eigenvalue weighted by atomic mass is 9.90. The molecule has 5 nitrogen and oxygen atoms in total. The molecule has 0 aliphatic carbocycles. The van der Waals surface area contributed by atoms with Gasteiger partial charge in [-0.15, -0.1) is 0 Å². The number of fused-ring (bicyclic) bond motifs is 1. The molecule has 2 aliphatic heterocycles. The summed E-state index contributed by atoms with van der Waals surface area (Å²) in [6.45, 7) is 11.2. The number of carbonyl (C=O) groups is 1. The molecule has 0 atom stereocenters. The molecular weight excluding hydrogens is 455 g/mol. The first-order chi connectivity index (χ1) is 16.4. The second kappa shape index (κ2) is 9.82. The Bertz CT molecular complexity index is 1050. The number of alkyl halides is 3. The highest BCUT2D eigenvalue weighted by molar-refractivity contribution is 5.72. The summed E-state index contributed by atoms with van der Waals surface area (Å²) in [5.41, 5.74) is 3.75. The molecule has 2 aliphatic rings. The molecule has 0 spiro atoms. The SMILES string of the molecule is CN1CCN(Cc2cc3c(cc2-c2ccc(C(F)(F)F)cc2)CN(C(=O)OC(C)(C)C)CC3)CC1. The van der Waals surface area contributed by atoms with Gasteiger partial charge < -0.3 is 14.5 Å². The fourth-order valence-electron chi connectivity index (χ4n) is 4.63. The van der Waals surface area contributed by atoms with E-state index in [1.807, 2.05) is 20.8 Å². The molecule has 35 heavy (non-hydrogen) atoms. The molecule has 190 valence electrons. The number of likely N-dealkylation sites (N-methyl/N-ethyl adjacent to an activating group) is 1. The average molecular weight is 490 g/mol. The van der Waals surface area contributed by atoms with Gasteiger partial charge in [0, 0.05) is 45.8 Å². The molecule has 2 heterocycles. The van der Waals surface area contributed by atoms with Gasteiger partial charge in [-0.25, -0.2) is 4.79 Å². The van der Waals surface area contributed by atoms with E-state index in [1.54, 1.807) is 17.0 Å². The molecular formula is C27H34F3N3O2. The van der Waals surface area contributed by atoms with Gasteiger partial charge in [-0.3, -0.25) is 4.90 Å². The topological polar surface area (TPSA) is 36.0 Å². The Morgan fingerprint density at radius 1 is 0.943 bits per heavy atom. The van der Waals surface area contributed by atoms with Crippen LogP contribution in [0.2, 0.25) is 0 Å². The number of ether oxygens (including phenoxy) is 1. The first kappa shape index (κ1) is 25.5. The Morgan fingerprint density at radius 3 is 2.20 bits per heavy atom. The molecule has 0 bridgehead atoms. The maximum absolute atomic E-state index is 13.1. The lowest BCUT2D eigenvalue weighted by Crippen LogP contribution is -2.44. The van der Waals surface area contributed by atoms with Crippen LogP contribution < -0.4 is 0 Å². The minimum Gasteiger partial charge on any atom is -0.444 e. The van der Waals surface area contributed by atoms with E-state index in [4.69, 9.17) is 4.74 Å². The van der Waals surface area contributed by atoms with E-state index in [0.29, 0.717) is 13.1 Å². The summed E-state index contributed by atoms with van der Waals surface area (Å²) in [7, 11) is 2.11. The molecule has 2 aromatic carbocycles. The Labute approximate surface area is 205 Å². The van der Waals surface area contributed by atoms with E-state index in [0.717, 1.165) is 73.5 Å². The van der Waals surface area contributed by atoms with E-state index in [1.165, 1.54) is 5.56 Å². The van der Waals surface area contributed by atoms with Crippen molar-refractivity contribution in [3.05, 3.63) is 58.7 Å². The van der Waals surface area contributed by atoms with Crippen molar-refractivity contribution in [2.45, 2.75) is 52.1 Å². The summed E-state index contributed by atoms with van der Waals surface area (Å²) in [5.74, 6) is 0. The van der Waals surface area contributed by atoms with Crippen LogP contribution in [0.1, 0.15) is 43.0 Å². The molecule has 8 heteroatoms. The van der Waals surface area contributed by atoms with Crippen LogP contribution in [0.25, 0.3) is 11.1 Å². The zero-order valence-electron chi connectivity index (χ0n) is 20.9. The maximum atomic E-state index is 13.1. The van der Waals surface area contributed by atoms with Gasteiger partial charge >= 0.3 is 12.3 Å². The Balaban J connectivity index is 1.66. The third kappa shape index (κ3) is 6.35. The second-order valence-corrected chi connectivity index (χ2v) is 10.6. The third-order valence-electron chi connectivity index (χ3n) is 6.60. The summed E-state index contributed by atoms with van der Waals surface area (Å²) >= 11 is 0. The van der Waals surface area contributed by atoms with E-state index in [2.05, 4.69) is 29.0 Å². The first-order valence-corrected chi connectivity index (χ1v) is 12.1. The van der Waals surface area contributed by atoms with Gasteiger partial charge in [0.1, 0.15) is 5.60 Å². The largest absolute Gasteiger partial charge is 0.444 e. The van der Waals surface area contributed by atoms with Crippen LogP contribution >= 0.6 is 0 Å². The molecule has 0 aromatic heterocycles. The van der Waals surface area contributed by atoms with Crippen molar-refractivity contribution in [1.82, 2.24) is 14.7 Å². The highest BCUT2D eigenvalue weighted by atomic mass is 19.4. The normalized spacial score (nSPS) is 17.9. The number of rotatable bonds is 3. The summed E-state index contributed by atoms with van der Waals surface area (Å²) in [4.78, 5) is 19.0. The number of carbonyl (C=O) groups excluding carboxylic acids is 1. The minimum atomic E-state index is -4.37. The average Bonchev–Trinajstić information content (AvgIpc) is 2.78. The van der Waals surface area contributed by atoms with Crippen LogP contribution in [0.5, 0.6) is 0 Å². The number of amides is 1. The zero-order chi connectivity index (χ0) is 25.4. The van der Waals surface area contributed by atoms with Crippen molar-refractivity contribution in [2.75, 3.05) is 39.8 Å². The van der Waals surface area contributed by atoms with E-state index < -0.39 is 17.3 Å². The predicted molar refractivity (Wildman–Crippen MR) is 130 cm³/mol. The second-order valence-electron chi connectivity index (χ2n) is 10.6. The number of hydrogen-bond acceptors (Lipinski definition) is 4. The fourth-order valence-corrected chi connectivity index (χ4v) is 4.63. The van der Waals surface area contributed by atoms with Crippen LogP contribution in [0, 0.1) is 0 Å². The Kier molecular flexibility index (Phi) is 7.16. The highest BCUT2D eigenvalue weighted by Gasteiger charge is 2.31. The van der Waals surface area contributed by atoms with E-state index in [9.17, 15) is 18.0 Å². The van der Waals surface area contributed by atoms with Gasteiger partial charge in [0.05, 0.1) is 5.56 Å². The van der Waals surface area contributed by atoms with Crippen molar-refractivity contribution >= 4 is 6.09 Å². The van der Waals surface area contributed by atoms with Gasteiger partial charge in [0.2, 0.25) is 0 Å². The van der Waals surface area contributed by atoms with E-state index >= 15 is 0 Å². The summed E-state index contributed by atoms with van der Waals surface area (Å²) in [6.07, 6.45) is -4.00. The van der Waals surface area contributed by atoms with Crippen molar-refractivity contribution in [1.29, 1.82) is 0 Å². The van der Waals surface area contributed by atoms with Crippen molar-refractivity contribution in [3.8, 4) is 11.1 Å². The Morgan fingerprint density at radius 2 is 1.60 bits per heavy atom. The van der Waals surface area contributed by atoms with Gasteiger partial charge in [0.25, 0.3) is 0 Å². The smallest absolute Gasteiger partial charge is 0.416 e. The molecule has 1 saturated heterocycles. The summed E-state index contributed by atoms with van der Waals surface area (Å²) in [6, 6.07) is 9.62. The molecule has 0 N–H and O–H groups in total. The highest BCUT2D eigenvalue weighted by Crippen LogP contribution is 2.35. The van der Waals surface area contributed by atoms with Crippen LogP contribution in [0.4, 0.5) is 18.0 Å². The van der Waals surface area contributed by atoms with Crippen molar-refractivity contribution < 1.29 is 22.7 Å². The molecule has 1 amide bonds. The fraction of sp³-hybridized carbons (Fsp3) is 0.519. The molecule has 0 radical (unpaired) electrons. The summed E-state index contributed by atoms with van der Waals surface area (Å²) in [5, 5.41) is 0. The first-order valence-electron chi connectivity index (χ1n) is 12.1. The summed E-state index contributed by atoms with van der Waals surface area (Å²) < 4.78 is 45.0. The quantitative estimate of drug-likeness (QED) is 0.578. The van der Waals surface area contributed by atoms with Crippen LogP contribution in [-0.2, 0) is 30.4 Å². The van der Waals surface area contributed by atoms with Crippen molar-refractivity contribution in [2.24, 2.45) is 0 Å². The van der Waals surface area contributed by atoms with Gasteiger partial charge in [0.15, 0.2) is 0 Å². The Hall–Kier alpha value is -2.58. The van der Waals surface area contributed by atoms with Gasteiger partial charge in [-0.05, 0) is 80.3 Å². The van der Waals surface area contributed by atoms with E-state index in [-0.39, 0.29) is 6.09 Å². The minimum absolute atomic E-state index is 0.347. The zero-order valence-corrected chi connectivity index (χ0v) is 20.9. The van der Waals surface area contributed by atoms with Crippen LogP contribution in [-0.4, -0.2) is 66.2 Å².